The number of amides is 4. The molecular formula is C14H23N5O8. The average molecular weight is 389 g/mol. The second-order valence-corrected chi connectivity index (χ2v) is 5.75. The molecule has 0 aromatic carbocycles. The van der Waals surface area contributed by atoms with E-state index < -0.39 is 72.6 Å². The third-order valence-electron chi connectivity index (χ3n) is 3.19. The van der Waals surface area contributed by atoms with Crippen LogP contribution in [0.3, 0.4) is 0 Å². The molecule has 0 aromatic rings. The van der Waals surface area contributed by atoms with Crippen LogP contribution in [0.5, 0.6) is 0 Å². The maximum Gasteiger partial charge on any atom is 0.325 e. The van der Waals surface area contributed by atoms with Crippen LogP contribution in [0, 0.1) is 0 Å². The summed E-state index contributed by atoms with van der Waals surface area (Å²) >= 11 is 0. The van der Waals surface area contributed by atoms with Gasteiger partial charge in [-0.05, 0) is 13.8 Å². The van der Waals surface area contributed by atoms with Crippen molar-refractivity contribution in [1.82, 2.24) is 16.0 Å². The minimum atomic E-state index is -1.58. The first kappa shape index (κ1) is 23.8. The first-order chi connectivity index (χ1) is 12.3. The SMILES string of the molecule is CC(N)C(=O)NC(CC(=O)O)C(=O)NC(CC(N)=O)C(=O)NC(C)C(=O)O. The molecule has 0 saturated heterocycles. The lowest BCUT2D eigenvalue weighted by atomic mass is 10.1. The van der Waals surface area contributed by atoms with Crippen LogP contribution in [0.2, 0.25) is 0 Å². The standard InChI is InChI=1S/C14H23N5O8/c1-5(15)11(23)18-8(4-10(21)22)13(25)19-7(3-9(16)20)12(24)17-6(2)14(26)27/h5-8H,3-4,15H2,1-2H3,(H2,16,20)(H,17,24)(H,18,23)(H,19,25)(H,21,22)(H,26,27). The van der Waals surface area contributed by atoms with Crippen molar-refractivity contribution in [2.24, 2.45) is 11.5 Å². The van der Waals surface area contributed by atoms with Gasteiger partial charge in [0.05, 0.1) is 18.9 Å². The number of nitrogens with one attached hydrogen (secondary N) is 3. The summed E-state index contributed by atoms with van der Waals surface area (Å²) in [4.78, 5) is 68.8. The van der Waals surface area contributed by atoms with Gasteiger partial charge in [0.15, 0.2) is 0 Å². The molecule has 0 aromatic heterocycles. The van der Waals surface area contributed by atoms with Crippen molar-refractivity contribution < 1.29 is 39.0 Å². The van der Waals surface area contributed by atoms with E-state index in [1.165, 1.54) is 6.92 Å². The van der Waals surface area contributed by atoms with E-state index in [0.717, 1.165) is 6.92 Å². The molecule has 0 aliphatic heterocycles. The Kier molecular flexibility index (Phi) is 9.42. The first-order valence-electron chi connectivity index (χ1n) is 7.74. The van der Waals surface area contributed by atoms with E-state index in [9.17, 15) is 28.8 Å². The van der Waals surface area contributed by atoms with Gasteiger partial charge >= 0.3 is 11.9 Å². The van der Waals surface area contributed by atoms with Crippen LogP contribution in [-0.4, -0.2) is 69.9 Å². The zero-order valence-corrected chi connectivity index (χ0v) is 14.7. The molecule has 0 aliphatic rings. The summed E-state index contributed by atoms with van der Waals surface area (Å²) in [5.41, 5.74) is 10.3. The highest BCUT2D eigenvalue weighted by Gasteiger charge is 2.30. The smallest absolute Gasteiger partial charge is 0.325 e. The number of hydrogen-bond acceptors (Lipinski definition) is 7. The van der Waals surface area contributed by atoms with Gasteiger partial charge in [-0.3, -0.25) is 28.8 Å². The molecule has 13 nitrogen and oxygen atoms in total. The highest BCUT2D eigenvalue weighted by atomic mass is 16.4. The Balaban J connectivity index is 5.32. The summed E-state index contributed by atoms with van der Waals surface area (Å²) in [6.07, 6.45) is -1.49. The Morgan fingerprint density at radius 3 is 1.67 bits per heavy atom. The molecule has 9 N–H and O–H groups in total. The van der Waals surface area contributed by atoms with E-state index in [0.29, 0.717) is 0 Å². The number of hydrogen-bond donors (Lipinski definition) is 7. The van der Waals surface area contributed by atoms with Gasteiger partial charge < -0.3 is 37.6 Å². The molecular weight excluding hydrogens is 366 g/mol. The molecule has 0 radical (unpaired) electrons. The molecule has 0 heterocycles. The largest absolute Gasteiger partial charge is 0.481 e. The molecule has 0 fully saturated rings. The highest BCUT2D eigenvalue weighted by Crippen LogP contribution is 2.00. The van der Waals surface area contributed by atoms with Crippen LogP contribution in [0.15, 0.2) is 0 Å². The minimum absolute atomic E-state index is 0.676. The Bertz CT molecular complexity index is 621. The molecule has 0 aliphatic carbocycles. The van der Waals surface area contributed by atoms with Crippen LogP contribution in [0.25, 0.3) is 0 Å². The molecule has 13 heteroatoms. The maximum absolute atomic E-state index is 12.3. The number of carboxylic acids is 2. The number of nitrogens with two attached hydrogens (primary N) is 2. The van der Waals surface area contributed by atoms with Gasteiger partial charge in [0.25, 0.3) is 0 Å². The summed E-state index contributed by atoms with van der Waals surface area (Å²) < 4.78 is 0. The van der Waals surface area contributed by atoms with E-state index in [2.05, 4.69) is 10.6 Å². The zero-order valence-electron chi connectivity index (χ0n) is 14.7. The quantitative estimate of drug-likeness (QED) is 0.183. The monoisotopic (exact) mass is 389 g/mol. The number of aliphatic carboxylic acids is 2. The van der Waals surface area contributed by atoms with Gasteiger partial charge in [0, 0.05) is 0 Å². The second-order valence-electron chi connectivity index (χ2n) is 5.75. The molecule has 27 heavy (non-hydrogen) atoms. The lowest BCUT2D eigenvalue weighted by Gasteiger charge is -2.23. The Morgan fingerprint density at radius 2 is 1.26 bits per heavy atom. The van der Waals surface area contributed by atoms with E-state index >= 15 is 0 Å². The van der Waals surface area contributed by atoms with Gasteiger partial charge in [-0.2, -0.15) is 0 Å². The van der Waals surface area contributed by atoms with E-state index in [-0.39, 0.29) is 0 Å². The van der Waals surface area contributed by atoms with Crippen molar-refractivity contribution in [3.05, 3.63) is 0 Å². The van der Waals surface area contributed by atoms with E-state index in [4.69, 9.17) is 21.7 Å². The Labute approximate surface area is 153 Å². The van der Waals surface area contributed by atoms with Crippen LogP contribution < -0.4 is 27.4 Å². The predicted octanol–water partition coefficient (Wildman–Crippen LogP) is -3.76. The third kappa shape index (κ3) is 9.15. The molecule has 4 atom stereocenters. The van der Waals surface area contributed by atoms with Crippen molar-refractivity contribution in [2.45, 2.75) is 50.9 Å². The van der Waals surface area contributed by atoms with Crippen molar-refractivity contribution >= 4 is 35.6 Å². The fourth-order valence-electron chi connectivity index (χ4n) is 1.75. The fraction of sp³-hybridized carbons (Fsp3) is 0.571. The summed E-state index contributed by atoms with van der Waals surface area (Å²) in [7, 11) is 0. The predicted molar refractivity (Wildman–Crippen MR) is 88.8 cm³/mol. The zero-order chi connectivity index (χ0) is 21.3. The van der Waals surface area contributed by atoms with Gasteiger partial charge in [-0.1, -0.05) is 0 Å². The van der Waals surface area contributed by atoms with Gasteiger partial charge in [0.1, 0.15) is 18.1 Å². The molecule has 0 spiro atoms. The first-order valence-corrected chi connectivity index (χ1v) is 7.74. The van der Waals surface area contributed by atoms with Crippen molar-refractivity contribution in [3.63, 3.8) is 0 Å². The lowest BCUT2D eigenvalue weighted by Crippen LogP contribution is -2.57. The second kappa shape index (κ2) is 10.7. The van der Waals surface area contributed by atoms with Crippen LogP contribution in [0.1, 0.15) is 26.7 Å². The van der Waals surface area contributed by atoms with Gasteiger partial charge in [-0.15, -0.1) is 0 Å². The lowest BCUT2D eigenvalue weighted by molar-refractivity contribution is -0.143. The number of rotatable bonds is 11. The van der Waals surface area contributed by atoms with Crippen molar-refractivity contribution in [1.29, 1.82) is 0 Å². The number of carbonyl (C=O) groups is 6. The molecule has 0 bridgehead atoms. The summed E-state index contributed by atoms with van der Waals surface area (Å²) in [5.74, 6) is -6.68. The molecule has 152 valence electrons. The highest BCUT2D eigenvalue weighted by molar-refractivity contribution is 5.97. The molecule has 0 saturated carbocycles. The van der Waals surface area contributed by atoms with Crippen LogP contribution in [0.4, 0.5) is 0 Å². The fourth-order valence-corrected chi connectivity index (χ4v) is 1.75. The molecule has 4 unspecified atom stereocenters. The van der Waals surface area contributed by atoms with Crippen LogP contribution >= 0.6 is 0 Å². The maximum atomic E-state index is 12.3. The normalized spacial score (nSPS) is 14.8. The summed E-state index contributed by atoms with van der Waals surface area (Å²) in [6, 6.07) is -5.51. The topological polar surface area (TPSA) is 231 Å². The Morgan fingerprint density at radius 1 is 0.815 bits per heavy atom. The van der Waals surface area contributed by atoms with Crippen molar-refractivity contribution in [2.75, 3.05) is 0 Å². The number of carbonyl (C=O) groups excluding carboxylic acids is 4. The van der Waals surface area contributed by atoms with Gasteiger partial charge in [0.2, 0.25) is 23.6 Å². The summed E-state index contributed by atoms with van der Waals surface area (Å²) in [5, 5.41) is 23.9. The molecule has 0 rings (SSSR count). The number of primary amides is 1. The van der Waals surface area contributed by atoms with E-state index in [1.54, 1.807) is 0 Å². The third-order valence-corrected chi connectivity index (χ3v) is 3.19. The minimum Gasteiger partial charge on any atom is -0.481 e. The van der Waals surface area contributed by atoms with Gasteiger partial charge in [-0.25, -0.2) is 0 Å². The van der Waals surface area contributed by atoms with Crippen LogP contribution in [-0.2, 0) is 28.8 Å². The van der Waals surface area contributed by atoms with Crippen molar-refractivity contribution in [3.8, 4) is 0 Å². The summed E-state index contributed by atoms with van der Waals surface area (Å²) in [6.45, 7) is 2.46. The number of carboxylic acid groups (broad SMARTS) is 2. The Hall–Kier alpha value is -3.22. The molecule has 4 amide bonds. The van der Waals surface area contributed by atoms with E-state index in [1.807, 2.05) is 5.32 Å². The average Bonchev–Trinajstić information content (AvgIpc) is 2.51.